The molecule has 0 amide bonds. The third kappa shape index (κ3) is 2.07. The molecule has 22 heavy (non-hydrogen) atoms. The molecule has 1 aromatic heterocycles. The van der Waals surface area contributed by atoms with Gasteiger partial charge in [0.25, 0.3) is 0 Å². The Morgan fingerprint density at radius 2 is 1.41 bits per heavy atom. The van der Waals surface area contributed by atoms with Gasteiger partial charge in [0.2, 0.25) is 0 Å². The molecule has 0 aliphatic heterocycles. The summed E-state index contributed by atoms with van der Waals surface area (Å²) < 4.78 is 2.65. The van der Waals surface area contributed by atoms with E-state index in [2.05, 4.69) is 49.4 Å². The summed E-state index contributed by atoms with van der Waals surface area (Å²) in [7, 11) is 0. The van der Waals surface area contributed by atoms with Crippen molar-refractivity contribution in [1.82, 2.24) is 0 Å². The minimum atomic E-state index is 0.696. The second kappa shape index (κ2) is 4.98. The topological polar surface area (TPSA) is 23.8 Å². The van der Waals surface area contributed by atoms with E-state index in [4.69, 9.17) is 5.26 Å². The summed E-state index contributed by atoms with van der Waals surface area (Å²) in [5, 5.41) is 11.5. The lowest BCUT2D eigenvalue weighted by atomic mass is 10.0. The molecule has 1 heterocycles. The van der Waals surface area contributed by atoms with Crippen LogP contribution >= 0.6 is 11.3 Å². The molecule has 0 aliphatic rings. The van der Waals surface area contributed by atoms with E-state index in [0.717, 1.165) is 5.56 Å². The van der Waals surface area contributed by atoms with Crippen molar-refractivity contribution in [3.05, 3.63) is 71.8 Å². The largest absolute Gasteiger partial charge is 0.192 e. The first-order valence-electron chi connectivity index (χ1n) is 7.18. The van der Waals surface area contributed by atoms with Crippen LogP contribution in [0.5, 0.6) is 0 Å². The third-order valence-electron chi connectivity index (χ3n) is 3.98. The molecule has 1 nitrogen and oxygen atoms in total. The lowest BCUT2D eigenvalue weighted by Crippen LogP contribution is -1.78. The average molecular weight is 299 g/mol. The molecule has 0 unspecified atom stereocenters. The molecule has 0 saturated heterocycles. The Kier molecular flexibility index (Phi) is 2.96. The Hall–Kier alpha value is -2.63. The van der Waals surface area contributed by atoms with Gasteiger partial charge in [-0.25, -0.2) is 0 Å². The van der Waals surface area contributed by atoms with Gasteiger partial charge in [0.15, 0.2) is 0 Å². The maximum absolute atomic E-state index is 8.90. The molecule has 3 aromatic carbocycles. The fraction of sp³-hybridized carbons (Fsp3) is 0.0500. The number of thiophene rings is 1. The Morgan fingerprint density at radius 1 is 0.773 bits per heavy atom. The van der Waals surface area contributed by atoms with Crippen molar-refractivity contribution in [2.24, 2.45) is 0 Å². The van der Waals surface area contributed by atoms with Gasteiger partial charge in [-0.3, -0.25) is 0 Å². The van der Waals surface area contributed by atoms with Crippen LogP contribution in [0, 0.1) is 18.3 Å². The highest BCUT2D eigenvalue weighted by Gasteiger charge is 2.07. The summed E-state index contributed by atoms with van der Waals surface area (Å²) >= 11 is 1.84. The fourth-order valence-corrected chi connectivity index (χ4v) is 4.04. The molecular formula is C20H13NS. The highest BCUT2D eigenvalue weighted by Crippen LogP contribution is 2.36. The van der Waals surface area contributed by atoms with E-state index in [1.807, 2.05) is 35.6 Å². The van der Waals surface area contributed by atoms with Gasteiger partial charge >= 0.3 is 0 Å². The van der Waals surface area contributed by atoms with Gasteiger partial charge in [0, 0.05) is 20.2 Å². The SMILES string of the molecule is Cc1ccc2c(c1)sc1cc(-c3ccc(C#N)cc3)ccc12. The van der Waals surface area contributed by atoms with Crippen LogP contribution in [0.25, 0.3) is 31.3 Å². The minimum absolute atomic E-state index is 0.696. The molecule has 104 valence electrons. The fourth-order valence-electron chi connectivity index (χ4n) is 2.80. The number of hydrogen-bond donors (Lipinski definition) is 0. The van der Waals surface area contributed by atoms with Crippen molar-refractivity contribution >= 4 is 31.5 Å². The van der Waals surface area contributed by atoms with Crippen LogP contribution in [0.1, 0.15) is 11.1 Å². The standard InChI is InChI=1S/C20H13NS/c1-13-2-8-17-18-9-7-16(11-20(18)22-19(17)10-13)15-5-3-14(12-21)4-6-15/h2-11H,1H3. The molecular weight excluding hydrogens is 286 g/mol. The van der Waals surface area contributed by atoms with Crippen molar-refractivity contribution in [1.29, 1.82) is 5.26 Å². The van der Waals surface area contributed by atoms with E-state index < -0.39 is 0 Å². The van der Waals surface area contributed by atoms with E-state index in [-0.39, 0.29) is 0 Å². The van der Waals surface area contributed by atoms with Crippen molar-refractivity contribution < 1.29 is 0 Å². The van der Waals surface area contributed by atoms with Crippen LogP contribution in [0.15, 0.2) is 60.7 Å². The first-order valence-corrected chi connectivity index (χ1v) is 8.00. The van der Waals surface area contributed by atoms with Gasteiger partial charge in [-0.15, -0.1) is 11.3 Å². The minimum Gasteiger partial charge on any atom is -0.192 e. The second-order valence-electron chi connectivity index (χ2n) is 5.50. The summed E-state index contributed by atoms with van der Waals surface area (Å²) in [6.45, 7) is 2.13. The van der Waals surface area contributed by atoms with E-state index in [9.17, 15) is 0 Å². The molecule has 0 atom stereocenters. The number of hydrogen-bond acceptors (Lipinski definition) is 2. The van der Waals surface area contributed by atoms with Crippen LogP contribution in [0.3, 0.4) is 0 Å². The van der Waals surface area contributed by atoms with Crippen LogP contribution in [-0.2, 0) is 0 Å². The molecule has 2 heteroatoms. The lowest BCUT2D eigenvalue weighted by molar-refractivity contribution is 1.48. The molecule has 0 aliphatic carbocycles. The number of aryl methyl sites for hydroxylation is 1. The number of rotatable bonds is 1. The molecule has 4 rings (SSSR count). The Labute approximate surface area is 133 Å². The maximum Gasteiger partial charge on any atom is 0.0991 e. The van der Waals surface area contributed by atoms with E-state index in [1.54, 1.807) is 0 Å². The smallest absolute Gasteiger partial charge is 0.0991 e. The Morgan fingerprint density at radius 3 is 2.14 bits per heavy atom. The molecule has 0 spiro atoms. The molecule has 0 N–H and O–H groups in total. The Balaban J connectivity index is 1.89. The van der Waals surface area contributed by atoms with Gasteiger partial charge in [0.05, 0.1) is 11.6 Å². The van der Waals surface area contributed by atoms with Gasteiger partial charge in [-0.2, -0.15) is 5.26 Å². The Bertz CT molecular complexity index is 1030. The summed E-state index contributed by atoms with van der Waals surface area (Å²) in [5.74, 6) is 0. The first-order chi connectivity index (χ1) is 10.7. The average Bonchev–Trinajstić information content (AvgIpc) is 2.91. The number of nitrogens with zero attached hydrogens (tertiary/aromatic N) is 1. The molecule has 0 bridgehead atoms. The van der Waals surface area contributed by atoms with Gasteiger partial charge in [0.1, 0.15) is 0 Å². The van der Waals surface area contributed by atoms with Crippen LogP contribution in [-0.4, -0.2) is 0 Å². The zero-order chi connectivity index (χ0) is 15.1. The summed E-state index contributed by atoms with van der Waals surface area (Å²) in [5.41, 5.74) is 4.34. The zero-order valence-corrected chi connectivity index (χ0v) is 12.9. The summed E-state index contributed by atoms with van der Waals surface area (Å²) in [6.07, 6.45) is 0. The monoisotopic (exact) mass is 299 g/mol. The van der Waals surface area contributed by atoms with Crippen molar-refractivity contribution in [2.75, 3.05) is 0 Å². The van der Waals surface area contributed by atoms with Crippen LogP contribution in [0.4, 0.5) is 0 Å². The lowest BCUT2D eigenvalue weighted by Gasteiger charge is -2.02. The highest BCUT2D eigenvalue weighted by atomic mass is 32.1. The van der Waals surface area contributed by atoms with Crippen LogP contribution in [0.2, 0.25) is 0 Å². The normalized spacial score (nSPS) is 10.9. The van der Waals surface area contributed by atoms with Crippen molar-refractivity contribution in [3.8, 4) is 17.2 Å². The predicted molar refractivity (Wildman–Crippen MR) is 94.2 cm³/mol. The molecule has 4 aromatic rings. The second-order valence-corrected chi connectivity index (χ2v) is 6.59. The number of nitriles is 1. The maximum atomic E-state index is 8.90. The quantitative estimate of drug-likeness (QED) is 0.429. The van der Waals surface area contributed by atoms with Gasteiger partial charge in [-0.1, -0.05) is 36.4 Å². The molecule has 0 saturated carbocycles. The highest BCUT2D eigenvalue weighted by molar-refractivity contribution is 7.25. The van der Waals surface area contributed by atoms with Crippen LogP contribution < -0.4 is 0 Å². The number of benzene rings is 3. The number of fused-ring (bicyclic) bond motifs is 3. The van der Waals surface area contributed by atoms with Gasteiger partial charge in [-0.05, 0) is 47.9 Å². The van der Waals surface area contributed by atoms with Crippen molar-refractivity contribution in [3.63, 3.8) is 0 Å². The molecule has 0 radical (unpaired) electrons. The zero-order valence-electron chi connectivity index (χ0n) is 12.1. The van der Waals surface area contributed by atoms with Gasteiger partial charge < -0.3 is 0 Å². The van der Waals surface area contributed by atoms with Crippen molar-refractivity contribution in [2.45, 2.75) is 6.92 Å². The summed E-state index contributed by atoms with van der Waals surface area (Å²) in [6, 6.07) is 23.2. The third-order valence-corrected chi connectivity index (χ3v) is 5.09. The van der Waals surface area contributed by atoms with E-state index >= 15 is 0 Å². The van der Waals surface area contributed by atoms with E-state index in [0.29, 0.717) is 5.56 Å². The predicted octanol–water partition coefficient (Wildman–Crippen LogP) is 5.90. The first kappa shape index (κ1) is 13.1. The molecule has 0 fully saturated rings. The van der Waals surface area contributed by atoms with E-state index in [1.165, 1.54) is 31.3 Å². The summed E-state index contributed by atoms with van der Waals surface area (Å²) in [4.78, 5) is 0.